The van der Waals surface area contributed by atoms with Gasteiger partial charge >= 0.3 is 0 Å². The minimum atomic E-state index is 0.206. The minimum Gasteiger partial charge on any atom is -0.345 e. The molecule has 90 valence electrons. The number of imidazole rings is 1. The molecule has 0 amide bonds. The van der Waals surface area contributed by atoms with Crippen LogP contribution in [0.25, 0.3) is 11.0 Å². The van der Waals surface area contributed by atoms with E-state index in [9.17, 15) is 0 Å². The van der Waals surface area contributed by atoms with Crippen LogP contribution in [0.3, 0.4) is 0 Å². The summed E-state index contributed by atoms with van der Waals surface area (Å²) in [5.74, 6) is 0. The molecule has 3 N–H and O–H groups in total. The highest BCUT2D eigenvalue weighted by Gasteiger charge is 2.32. The highest BCUT2D eigenvalue weighted by atomic mass is 14.9. The molecular weight excluding hydrogens is 210 g/mol. The van der Waals surface area contributed by atoms with Crippen molar-refractivity contribution in [3.05, 3.63) is 30.1 Å². The van der Waals surface area contributed by atoms with E-state index >= 15 is 0 Å². The van der Waals surface area contributed by atoms with E-state index < -0.39 is 0 Å². The number of aromatic amines is 1. The van der Waals surface area contributed by atoms with Crippen molar-refractivity contribution in [2.24, 2.45) is 5.73 Å². The van der Waals surface area contributed by atoms with Crippen LogP contribution in [0.1, 0.15) is 37.7 Å². The third-order valence-electron chi connectivity index (χ3n) is 4.23. The molecule has 0 bridgehead atoms. The van der Waals surface area contributed by atoms with Crippen LogP contribution in [0.4, 0.5) is 0 Å². The maximum atomic E-state index is 6.06. The van der Waals surface area contributed by atoms with Gasteiger partial charge in [-0.3, -0.25) is 0 Å². The Kier molecular flexibility index (Phi) is 2.63. The molecule has 1 aliphatic rings. The van der Waals surface area contributed by atoms with Crippen molar-refractivity contribution in [2.75, 3.05) is 6.54 Å². The van der Waals surface area contributed by atoms with Crippen molar-refractivity contribution in [1.82, 2.24) is 9.97 Å². The molecule has 3 rings (SSSR count). The van der Waals surface area contributed by atoms with E-state index in [4.69, 9.17) is 5.73 Å². The van der Waals surface area contributed by atoms with E-state index in [0.717, 1.165) is 17.6 Å². The number of nitrogens with zero attached hydrogens (tertiary/aromatic N) is 1. The maximum Gasteiger partial charge on any atom is 0.0931 e. The highest BCUT2D eigenvalue weighted by molar-refractivity contribution is 5.75. The summed E-state index contributed by atoms with van der Waals surface area (Å²) in [4.78, 5) is 7.46. The van der Waals surface area contributed by atoms with Crippen LogP contribution in [0.5, 0.6) is 0 Å². The van der Waals surface area contributed by atoms with E-state index in [1.165, 1.54) is 37.7 Å². The number of benzene rings is 1. The number of hydrogen-bond donors (Lipinski definition) is 2. The van der Waals surface area contributed by atoms with Gasteiger partial charge in [0.15, 0.2) is 0 Å². The lowest BCUT2D eigenvalue weighted by Gasteiger charge is -2.36. The summed E-state index contributed by atoms with van der Waals surface area (Å²) in [6, 6.07) is 6.55. The summed E-state index contributed by atoms with van der Waals surface area (Å²) in [5.41, 5.74) is 9.82. The molecule has 0 radical (unpaired) electrons. The topological polar surface area (TPSA) is 54.7 Å². The van der Waals surface area contributed by atoms with Crippen LogP contribution in [0.2, 0.25) is 0 Å². The fourth-order valence-corrected chi connectivity index (χ4v) is 3.10. The van der Waals surface area contributed by atoms with E-state index in [1.807, 2.05) is 0 Å². The van der Waals surface area contributed by atoms with Gasteiger partial charge in [0.05, 0.1) is 17.4 Å². The van der Waals surface area contributed by atoms with Gasteiger partial charge < -0.3 is 10.7 Å². The molecule has 1 heterocycles. The first-order chi connectivity index (χ1) is 8.34. The van der Waals surface area contributed by atoms with Gasteiger partial charge in [0.2, 0.25) is 0 Å². The molecule has 1 fully saturated rings. The number of fused-ring (bicyclic) bond motifs is 1. The quantitative estimate of drug-likeness (QED) is 0.832. The fraction of sp³-hybridized carbons (Fsp3) is 0.500. The summed E-state index contributed by atoms with van der Waals surface area (Å²) in [7, 11) is 0. The molecule has 0 unspecified atom stereocenters. The zero-order chi connectivity index (χ0) is 11.7. The van der Waals surface area contributed by atoms with Crippen molar-refractivity contribution < 1.29 is 0 Å². The second-order valence-electron chi connectivity index (χ2n) is 5.18. The van der Waals surface area contributed by atoms with Crippen molar-refractivity contribution in [2.45, 2.75) is 37.5 Å². The third kappa shape index (κ3) is 1.75. The number of hydrogen-bond acceptors (Lipinski definition) is 2. The molecule has 0 spiro atoms. The van der Waals surface area contributed by atoms with E-state index in [1.54, 1.807) is 6.33 Å². The smallest absolute Gasteiger partial charge is 0.0931 e. The van der Waals surface area contributed by atoms with Gasteiger partial charge in [0, 0.05) is 12.0 Å². The van der Waals surface area contributed by atoms with E-state index in [0.29, 0.717) is 0 Å². The minimum absolute atomic E-state index is 0.206. The van der Waals surface area contributed by atoms with Gasteiger partial charge in [-0.05, 0) is 30.5 Å². The summed E-state index contributed by atoms with van der Waals surface area (Å²) < 4.78 is 0. The van der Waals surface area contributed by atoms with Crippen LogP contribution < -0.4 is 5.73 Å². The van der Waals surface area contributed by atoms with Crippen molar-refractivity contribution >= 4 is 11.0 Å². The van der Waals surface area contributed by atoms with Crippen molar-refractivity contribution in [3.8, 4) is 0 Å². The number of H-pyrrole nitrogens is 1. The average molecular weight is 229 g/mol. The Bertz CT molecular complexity index is 509. The molecule has 0 saturated heterocycles. The largest absolute Gasteiger partial charge is 0.345 e. The highest BCUT2D eigenvalue weighted by Crippen LogP contribution is 2.39. The standard InChI is InChI=1S/C14H19N3/c15-9-14(6-2-1-3-7-14)11-4-5-12-13(8-11)17-10-16-12/h4-5,8,10H,1-3,6-7,9,15H2,(H,16,17). The molecule has 0 atom stereocenters. The molecule has 3 heteroatoms. The monoisotopic (exact) mass is 229 g/mol. The number of nitrogens with two attached hydrogens (primary N) is 1. The summed E-state index contributed by atoms with van der Waals surface area (Å²) in [6.07, 6.45) is 8.17. The van der Waals surface area contributed by atoms with Crippen LogP contribution in [-0.4, -0.2) is 16.5 Å². The Labute approximate surface area is 101 Å². The number of nitrogens with one attached hydrogen (secondary N) is 1. The number of rotatable bonds is 2. The van der Waals surface area contributed by atoms with Gasteiger partial charge in [-0.25, -0.2) is 4.98 Å². The zero-order valence-corrected chi connectivity index (χ0v) is 10.1. The van der Waals surface area contributed by atoms with E-state index in [2.05, 4.69) is 28.2 Å². The predicted molar refractivity (Wildman–Crippen MR) is 69.9 cm³/mol. The van der Waals surface area contributed by atoms with Crippen LogP contribution in [0, 0.1) is 0 Å². The number of aromatic nitrogens is 2. The lowest BCUT2D eigenvalue weighted by molar-refractivity contribution is 0.301. The lowest BCUT2D eigenvalue weighted by atomic mass is 9.69. The summed E-state index contributed by atoms with van der Waals surface area (Å²) >= 11 is 0. The third-order valence-corrected chi connectivity index (χ3v) is 4.23. The maximum absolute atomic E-state index is 6.06. The average Bonchev–Trinajstić information content (AvgIpc) is 2.86. The summed E-state index contributed by atoms with van der Waals surface area (Å²) in [6.45, 7) is 0.757. The second kappa shape index (κ2) is 4.15. The molecule has 1 aliphatic carbocycles. The predicted octanol–water partition coefficient (Wildman–Crippen LogP) is 2.72. The van der Waals surface area contributed by atoms with E-state index in [-0.39, 0.29) is 5.41 Å². The van der Waals surface area contributed by atoms with Crippen molar-refractivity contribution in [1.29, 1.82) is 0 Å². The van der Waals surface area contributed by atoms with Gasteiger partial charge in [0.1, 0.15) is 0 Å². The fourth-order valence-electron chi connectivity index (χ4n) is 3.10. The first kappa shape index (κ1) is 10.8. The van der Waals surface area contributed by atoms with Gasteiger partial charge in [-0.2, -0.15) is 0 Å². The Balaban J connectivity index is 2.04. The SMILES string of the molecule is NCC1(c2ccc3nc[nH]c3c2)CCCCC1. The molecule has 1 aromatic heterocycles. The molecule has 1 saturated carbocycles. The zero-order valence-electron chi connectivity index (χ0n) is 10.1. The Morgan fingerprint density at radius 3 is 2.82 bits per heavy atom. The molecule has 17 heavy (non-hydrogen) atoms. The first-order valence-electron chi connectivity index (χ1n) is 6.48. The summed E-state index contributed by atoms with van der Waals surface area (Å²) in [5, 5.41) is 0. The molecule has 1 aromatic carbocycles. The van der Waals surface area contributed by atoms with Gasteiger partial charge in [-0.1, -0.05) is 25.3 Å². The van der Waals surface area contributed by atoms with Crippen LogP contribution >= 0.6 is 0 Å². The van der Waals surface area contributed by atoms with Crippen LogP contribution in [0.15, 0.2) is 24.5 Å². The van der Waals surface area contributed by atoms with Gasteiger partial charge in [0.25, 0.3) is 0 Å². The second-order valence-corrected chi connectivity index (χ2v) is 5.18. The lowest BCUT2D eigenvalue weighted by Crippen LogP contribution is -2.37. The normalized spacial score (nSPS) is 19.6. The Hall–Kier alpha value is -1.35. The van der Waals surface area contributed by atoms with Gasteiger partial charge in [-0.15, -0.1) is 0 Å². The van der Waals surface area contributed by atoms with Crippen molar-refractivity contribution in [3.63, 3.8) is 0 Å². The first-order valence-corrected chi connectivity index (χ1v) is 6.48. The molecule has 0 aliphatic heterocycles. The Morgan fingerprint density at radius 1 is 1.24 bits per heavy atom. The molecule has 3 nitrogen and oxygen atoms in total. The Morgan fingerprint density at radius 2 is 2.06 bits per heavy atom. The van der Waals surface area contributed by atoms with Crippen LogP contribution in [-0.2, 0) is 5.41 Å². The molecule has 2 aromatic rings. The molecular formula is C14H19N3.